The number of carbonyl (C=O) groups excluding carboxylic acids is 1. The summed E-state index contributed by atoms with van der Waals surface area (Å²) in [6, 6.07) is -0.537. The minimum Gasteiger partial charge on any atom is -0.394 e. The number of amides is 1. The summed E-state index contributed by atoms with van der Waals surface area (Å²) in [5, 5.41) is 12.3. The van der Waals surface area contributed by atoms with Crippen LogP contribution in [0.2, 0.25) is 0 Å². The minimum absolute atomic E-state index is 0.0131. The number of aromatic nitrogens is 2. The van der Waals surface area contributed by atoms with Crippen LogP contribution in [0.3, 0.4) is 0 Å². The molecule has 8 heteroatoms. The van der Waals surface area contributed by atoms with Gasteiger partial charge in [0.1, 0.15) is 5.56 Å². The molecule has 104 valence electrons. The minimum atomic E-state index is -0.541. The molecule has 1 aliphatic heterocycles. The van der Waals surface area contributed by atoms with Crippen LogP contribution in [0.1, 0.15) is 10.4 Å². The number of thioether (sulfide) groups is 1. The summed E-state index contributed by atoms with van der Waals surface area (Å²) < 4.78 is 6.35. The van der Waals surface area contributed by atoms with Crippen molar-refractivity contribution in [3.8, 4) is 0 Å². The Bertz CT molecular complexity index is 531. The van der Waals surface area contributed by atoms with Crippen LogP contribution in [0, 0.1) is 0 Å². The number of aliphatic hydroxyl groups is 1. The van der Waals surface area contributed by atoms with Crippen molar-refractivity contribution >= 4 is 17.7 Å². The second kappa shape index (κ2) is 6.18. The largest absolute Gasteiger partial charge is 0.394 e. The number of rotatable bonds is 5. The lowest BCUT2D eigenvalue weighted by atomic mass is 10.2. The highest BCUT2D eigenvalue weighted by molar-refractivity contribution is 7.99. The number of fused-ring (bicyclic) bond motifs is 1. The van der Waals surface area contributed by atoms with Gasteiger partial charge in [-0.15, -0.1) is 0 Å². The van der Waals surface area contributed by atoms with Gasteiger partial charge in [0.25, 0.3) is 11.5 Å². The molecule has 2 N–H and O–H groups in total. The summed E-state index contributed by atoms with van der Waals surface area (Å²) in [4.78, 5) is 28.1. The molecule has 1 amide bonds. The molecule has 2 rings (SSSR count). The zero-order chi connectivity index (χ0) is 13.8. The summed E-state index contributed by atoms with van der Waals surface area (Å²) in [6.45, 7) is 0.487. The van der Waals surface area contributed by atoms with Crippen molar-refractivity contribution in [2.75, 3.05) is 26.1 Å². The molecule has 1 aromatic heterocycles. The maximum absolute atomic E-state index is 12.1. The first kappa shape index (κ1) is 14.0. The summed E-state index contributed by atoms with van der Waals surface area (Å²) in [6.07, 6.45) is 1.28. The maximum Gasteiger partial charge on any atom is 0.267 e. The van der Waals surface area contributed by atoms with Crippen molar-refractivity contribution in [2.45, 2.75) is 17.7 Å². The molecule has 0 spiro atoms. The first-order valence-electron chi connectivity index (χ1n) is 5.80. The number of hydrogen-bond donors (Lipinski definition) is 2. The Morgan fingerprint density at radius 3 is 3.21 bits per heavy atom. The van der Waals surface area contributed by atoms with Gasteiger partial charge in [-0.1, -0.05) is 11.8 Å². The average Bonchev–Trinajstić information content (AvgIpc) is 2.87. The molecule has 7 nitrogen and oxygen atoms in total. The van der Waals surface area contributed by atoms with E-state index in [1.54, 1.807) is 0 Å². The molecule has 0 aromatic carbocycles. The van der Waals surface area contributed by atoms with E-state index in [1.807, 2.05) is 0 Å². The van der Waals surface area contributed by atoms with Crippen molar-refractivity contribution in [3.05, 3.63) is 22.1 Å². The molecule has 1 aliphatic rings. The van der Waals surface area contributed by atoms with Crippen molar-refractivity contribution < 1.29 is 14.6 Å². The van der Waals surface area contributed by atoms with E-state index in [4.69, 9.17) is 9.84 Å². The van der Waals surface area contributed by atoms with Crippen LogP contribution in [0.5, 0.6) is 0 Å². The third kappa shape index (κ3) is 2.96. The SMILES string of the molecule is COCC(CO)NC(=O)c1cnc2n(c1=O)CCS2. The van der Waals surface area contributed by atoms with E-state index in [0.717, 1.165) is 5.75 Å². The number of carbonyl (C=O) groups is 1. The van der Waals surface area contributed by atoms with Crippen LogP contribution in [0.4, 0.5) is 0 Å². The van der Waals surface area contributed by atoms with Gasteiger partial charge in [-0.2, -0.15) is 0 Å². The van der Waals surface area contributed by atoms with Crippen LogP contribution in [0.25, 0.3) is 0 Å². The molecule has 2 heterocycles. The van der Waals surface area contributed by atoms with E-state index in [0.29, 0.717) is 11.7 Å². The van der Waals surface area contributed by atoms with E-state index < -0.39 is 11.9 Å². The highest BCUT2D eigenvalue weighted by Crippen LogP contribution is 2.20. The number of ether oxygens (including phenoxy) is 1. The summed E-state index contributed by atoms with van der Waals surface area (Å²) in [7, 11) is 1.47. The van der Waals surface area contributed by atoms with Gasteiger partial charge < -0.3 is 15.2 Å². The fraction of sp³-hybridized carbons (Fsp3) is 0.545. The van der Waals surface area contributed by atoms with Crippen molar-refractivity contribution in [2.24, 2.45) is 0 Å². The topological polar surface area (TPSA) is 93.4 Å². The molecule has 1 atom stereocenters. The molecule has 0 bridgehead atoms. The standard InChI is InChI=1S/C11H15N3O4S/c1-18-6-7(5-15)13-9(16)8-4-12-11-14(10(8)17)2-3-19-11/h4,7,15H,2-3,5-6H2,1H3,(H,13,16). The van der Waals surface area contributed by atoms with Crippen molar-refractivity contribution in [1.29, 1.82) is 0 Å². The molecule has 0 radical (unpaired) electrons. The van der Waals surface area contributed by atoms with Gasteiger partial charge in [0, 0.05) is 25.6 Å². The van der Waals surface area contributed by atoms with Gasteiger partial charge in [-0.25, -0.2) is 4.98 Å². The summed E-state index contributed by atoms with van der Waals surface area (Å²) in [5.41, 5.74) is -0.359. The smallest absolute Gasteiger partial charge is 0.267 e. The predicted molar refractivity (Wildman–Crippen MR) is 69.4 cm³/mol. The van der Waals surface area contributed by atoms with Crippen LogP contribution in [0.15, 0.2) is 16.1 Å². The summed E-state index contributed by atoms with van der Waals surface area (Å²) >= 11 is 1.49. The Kier molecular flexibility index (Phi) is 4.56. The second-order valence-electron chi connectivity index (χ2n) is 4.07. The van der Waals surface area contributed by atoms with E-state index in [-0.39, 0.29) is 24.3 Å². The molecule has 0 fully saturated rings. The van der Waals surface area contributed by atoms with Gasteiger partial charge in [-0.05, 0) is 0 Å². The third-order valence-corrected chi connectivity index (χ3v) is 3.70. The Morgan fingerprint density at radius 1 is 1.74 bits per heavy atom. The number of aliphatic hydroxyl groups excluding tert-OH is 1. The van der Waals surface area contributed by atoms with Crippen LogP contribution >= 0.6 is 11.8 Å². The molecule has 1 aromatic rings. The molecule has 0 saturated carbocycles. The molecule has 1 unspecified atom stereocenters. The summed E-state index contributed by atoms with van der Waals surface area (Å²) in [5.74, 6) is 0.247. The van der Waals surface area contributed by atoms with Crippen LogP contribution < -0.4 is 10.9 Å². The van der Waals surface area contributed by atoms with Crippen LogP contribution in [-0.2, 0) is 11.3 Å². The number of nitrogens with one attached hydrogen (secondary N) is 1. The first-order chi connectivity index (χ1) is 9.17. The molecular weight excluding hydrogens is 270 g/mol. The van der Waals surface area contributed by atoms with Gasteiger partial charge >= 0.3 is 0 Å². The van der Waals surface area contributed by atoms with E-state index in [2.05, 4.69) is 10.3 Å². The molecular formula is C11H15N3O4S. The Morgan fingerprint density at radius 2 is 2.53 bits per heavy atom. The van der Waals surface area contributed by atoms with Crippen molar-refractivity contribution in [3.63, 3.8) is 0 Å². The number of hydrogen-bond acceptors (Lipinski definition) is 6. The van der Waals surface area contributed by atoms with Gasteiger partial charge in [0.2, 0.25) is 0 Å². The maximum atomic E-state index is 12.1. The normalized spacial score (nSPS) is 15.1. The molecule has 0 saturated heterocycles. The molecule has 0 aliphatic carbocycles. The van der Waals surface area contributed by atoms with E-state index in [9.17, 15) is 9.59 Å². The van der Waals surface area contributed by atoms with E-state index in [1.165, 1.54) is 29.6 Å². The first-order valence-corrected chi connectivity index (χ1v) is 6.79. The Balaban J connectivity index is 2.18. The second-order valence-corrected chi connectivity index (χ2v) is 5.13. The monoisotopic (exact) mass is 285 g/mol. The number of nitrogens with zero attached hydrogens (tertiary/aromatic N) is 2. The average molecular weight is 285 g/mol. The van der Waals surface area contributed by atoms with Gasteiger partial charge in [-0.3, -0.25) is 14.2 Å². The lowest BCUT2D eigenvalue weighted by Gasteiger charge is -2.15. The Labute approximate surface area is 114 Å². The van der Waals surface area contributed by atoms with E-state index >= 15 is 0 Å². The fourth-order valence-electron chi connectivity index (χ4n) is 1.78. The lowest BCUT2D eigenvalue weighted by Crippen LogP contribution is -2.43. The molecule has 19 heavy (non-hydrogen) atoms. The zero-order valence-electron chi connectivity index (χ0n) is 10.5. The lowest BCUT2D eigenvalue weighted by molar-refractivity contribution is 0.0837. The van der Waals surface area contributed by atoms with Gasteiger partial charge in [0.05, 0.1) is 19.3 Å². The zero-order valence-corrected chi connectivity index (χ0v) is 11.3. The third-order valence-electron chi connectivity index (χ3n) is 2.72. The highest BCUT2D eigenvalue weighted by atomic mass is 32.2. The predicted octanol–water partition coefficient (Wildman–Crippen LogP) is -0.914. The fourth-order valence-corrected chi connectivity index (χ4v) is 2.69. The van der Waals surface area contributed by atoms with Gasteiger partial charge in [0.15, 0.2) is 5.16 Å². The van der Waals surface area contributed by atoms with Crippen LogP contribution in [-0.4, -0.2) is 52.7 Å². The number of methoxy groups -OCH3 is 1. The quantitative estimate of drug-likeness (QED) is 0.680. The highest BCUT2D eigenvalue weighted by Gasteiger charge is 2.21. The Hall–Kier alpha value is -1.38. The van der Waals surface area contributed by atoms with Crippen molar-refractivity contribution in [1.82, 2.24) is 14.9 Å².